The molecule has 1 heterocycles. The largest absolute Gasteiger partial charge is 0.497 e. The van der Waals surface area contributed by atoms with Gasteiger partial charge in [-0.25, -0.2) is 0 Å². The Morgan fingerprint density at radius 2 is 2.10 bits per heavy atom. The molecular weight excluding hydrogens is 256 g/mol. The van der Waals surface area contributed by atoms with Crippen LogP contribution in [0.4, 0.5) is 0 Å². The molecule has 0 aromatic heterocycles. The molecule has 1 saturated heterocycles. The number of nitrogens with two attached hydrogens (primary N) is 1. The lowest BCUT2D eigenvalue weighted by molar-refractivity contribution is 0.132. The van der Waals surface area contributed by atoms with Gasteiger partial charge in [0.25, 0.3) is 0 Å². The molecule has 112 valence electrons. The van der Waals surface area contributed by atoms with Crippen LogP contribution in [0.25, 0.3) is 0 Å². The first kappa shape index (κ1) is 15.1. The molecule has 5 nitrogen and oxygen atoms in total. The van der Waals surface area contributed by atoms with Gasteiger partial charge in [0.05, 0.1) is 26.9 Å². The van der Waals surface area contributed by atoms with E-state index >= 15 is 0 Å². The van der Waals surface area contributed by atoms with Crippen molar-refractivity contribution in [3.63, 3.8) is 0 Å². The fraction of sp³-hybridized carbons (Fsp3) is 0.600. The summed E-state index contributed by atoms with van der Waals surface area (Å²) < 4.78 is 16.3. The normalized spacial score (nSPS) is 18.4. The number of nitrogens with zero attached hydrogens (tertiary/aromatic N) is 1. The van der Waals surface area contributed by atoms with E-state index in [-0.39, 0.29) is 6.04 Å². The van der Waals surface area contributed by atoms with Crippen LogP contribution in [0.2, 0.25) is 0 Å². The number of methoxy groups -OCH3 is 2. The van der Waals surface area contributed by atoms with Gasteiger partial charge in [0.2, 0.25) is 0 Å². The van der Waals surface area contributed by atoms with Crippen molar-refractivity contribution in [2.45, 2.75) is 12.5 Å². The Hall–Kier alpha value is -1.30. The van der Waals surface area contributed by atoms with E-state index in [0.29, 0.717) is 6.54 Å². The fourth-order valence-corrected chi connectivity index (χ4v) is 2.64. The molecule has 1 aliphatic heterocycles. The summed E-state index contributed by atoms with van der Waals surface area (Å²) in [6, 6.07) is 6.06. The first-order chi connectivity index (χ1) is 9.80. The average molecular weight is 280 g/mol. The third-order valence-corrected chi connectivity index (χ3v) is 3.72. The Morgan fingerprint density at radius 3 is 2.80 bits per heavy atom. The van der Waals surface area contributed by atoms with Gasteiger partial charge in [0.15, 0.2) is 0 Å². The van der Waals surface area contributed by atoms with Crippen molar-refractivity contribution in [3.8, 4) is 11.5 Å². The molecule has 0 spiro atoms. The zero-order chi connectivity index (χ0) is 14.4. The van der Waals surface area contributed by atoms with E-state index in [1.807, 2.05) is 18.2 Å². The summed E-state index contributed by atoms with van der Waals surface area (Å²) in [5.41, 5.74) is 7.12. The maximum Gasteiger partial charge on any atom is 0.127 e. The highest BCUT2D eigenvalue weighted by Gasteiger charge is 2.23. The highest BCUT2D eigenvalue weighted by molar-refractivity contribution is 5.42. The molecule has 2 N–H and O–H groups in total. The second-order valence-electron chi connectivity index (χ2n) is 4.86. The predicted molar refractivity (Wildman–Crippen MR) is 78.4 cm³/mol. The minimum Gasteiger partial charge on any atom is -0.497 e. The summed E-state index contributed by atoms with van der Waals surface area (Å²) in [6.07, 6.45) is 1.04. The number of ether oxygens (including phenoxy) is 3. The van der Waals surface area contributed by atoms with Crippen molar-refractivity contribution in [1.29, 1.82) is 0 Å². The molecule has 1 fully saturated rings. The maximum atomic E-state index is 6.01. The Morgan fingerprint density at radius 1 is 1.25 bits per heavy atom. The highest BCUT2D eigenvalue weighted by atomic mass is 16.5. The molecule has 1 aliphatic rings. The van der Waals surface area contributed by atoms with Crippen molar-refractivity contribution in [1.82, 2.24) is 4.90 Å². The Balaban J connectivity index is 2.25. The lowest BCUT2D eigenvalue weighted by Gasteiger charge is -2.30. The molecular formula is C15H24N2O3. The van der Waals surface area contributed by atoms with Gasteiger partial charge in [-0.15, -0.1) is 0 Å². The summed E-state index contributed by atoms with van der Waals surface area (Å²) in [6.45, 7) is 4.04. The van der Waals surface area contributed by atoms with Crippen LogP contribution in [0.3, 0.4) is 0 Å². The second kappa shape index (κ2) is 7.47. The molecule has 0 bridgehead atoms. The Kier molecular flexibility index (Phi) is 5.64. The summed E-state index contributed by atoms with van der Waals surface area (Å²) >= 11 is 0. The van der Waals surface area contributed by atoms with Crippen molar-refractivity contribution in [2.24, 2.45) is 5.73 Å². The second-order valence-corrected chi connectivity index (χ2v) is 4.86. The first-order valence-electron chi connectivity index (χ1n) is 7.04. The molecule has 0 aliphatic carbocycles. The van der Waals surface area contributed by atoms with E-state index < -0.39 is 0 Å². The van der Waals surface area contributed by atoms with E-state index in [2.05, 4.69) is 4.90 Å². The molecule has 0 radical (unpaired) electrons. The Labute approximate surface area is 120 Å². The number of rotatable bonds is 5. The molecule has 1 aromatic carbocycles. The van der Waals surface area contributed by atoms with Gasteiger partial charge >= 0.3 is 0 Å². The number of hydrogen-bond donors (Lipinski definition) is 1. The minimum atomic E-state index is 0.151. The zero-order valence-electron chi connectivity index (χ0n) is 12.3. The SMILES string of the molecule is COc1ccc(C(CN)N2CCCOCC2)c(OC)c1. The number of hydrogen-bond acceptors (Lipinski definition) is 5. The van der Waals surface area contributed by atoms with Gasteiger partial charge in [-0.1, -0.05) is 6.07 Å². The highest BCUT2D eigenvalue weighted by Crippen LogP contribution is 2.32. The summed E-state index contributed by atoms with van der Waals surface area (Å²) in [5, 5.41) is 0. The fourth-order valence-electron chi connectivity index (χ4n) is 2.64. The average Bonchev–Trinajstić information content (AvgIpc) is 2.77. The molecule has 0 saturated carbocycles. The number of benzene rings is 1. The summed E-state index contributed by atoms with van der Waals surface area (Å²) in [4.78, 5) is 2.37. The van der Waals surface area contributed by atoms with Crippen LogP contribution >= 0.6 is 0 Å². The third kappa shape index (κ3) is 3.42. The van der Waals surface area contributed by atoms with Crippen LogP contribution in [0.15, 0.2) is 18.2 Å². The van der Waals surface area contributed by atoms with Gasteiger partial charge in [0.1, 0.15) is 11.5 Å². The van der Waals surface area contributed by atoms with Gasteiger partial charge in [0, 0.05) is 37.9 Å². The maximum absolute atomic E-state index is 6.01. The topological polar surface area (TPSA) is 57.0 Å². The van der Waals surface area contributed by atoms with Crippen molar-refractivity contribution < 1.29 is 14.2 Å². The van der Waals surface area contributed by atoms with E-state index in [4.69, 9.17) is 19.9 Å². The van der Waals surface area contributed by atoms with Crippen LogP contribution in [0, 0.1) is 0 Å². The molecule has 1 unspecified atom stereocenters. The molecule has 0 amide bonds. The van der Waals surface area contributed by atoms with Crippen LogP contribution < -0.4 is 15.2 Å². The third-order valence-electron chi connectivity index (χ3n) is 3.72. The lowest BCUT2D eigenvalue weighted by Crippen LogP contribution is -2.35. The van der Waals surface area contributed by atoms with Crippen LogP contribution in [0.1, 0.15) is 18.0 Å². The Bertz CT molecular complexity index is 418. The quantitative estimate of drug-likeness (QED) is 0.884. The predicted octanol–water partition coefficient (Wildman–Crippen LogP) is 1.43. The summed E-state index contributed by atoms with van der Waals surface area (Å²) in [7, 11) is 3.33. The summed E-state index contributed by atoms with van der Waals surface area (Å²) in [5.74, 6) is 1.62. The van der Waals surface area contributed by atoms with E-state index in [1.165, 1.54) is 0 Å². The van der Waals surface area contributed by atoms with Crippen molar-refractivity contribution >= 4 is 0 Å². The van der Waals surface area contributed by atoms with E-state index in [9.17, 15) is 0 Å². The molecule has 1 aromatic rings. The van der Waals surface area contributed by atoms with Gasteiger partial charge in [-0.2, -0.15) is 0 Å². The standard InChI is InChI=1S/C15H24N2O3/c1-18-12-4-5-13(15(10-12)19-2)14(11-16)17-6-3-8-20-9-7-17/h4-5,10,14H,3,6-9,11,16H2,1-2H3. The van der Waals surface area contributed by atoms with E-state index in [0.717, 1.165) is 49.8 Å². The lowest BCUT2D eigenvalue weighted by atomic mass is 10.0. The van der Waals surface area contributed by atoms with Crippen LogP contribution in [-0.2, 0) is 4.74 Å². The smallest absolute Gasteiger partial charge is 0.127 e. The van der Waals surface area contributed by atoms with Crippen LogP contribution in [0.5, 0.6) is 11.5 Å². The van der Waals surface area contributed by atoms with Crippen molar-refractivity contribution in [3.05, 3.63) is 23.8 Å². The molecule has 2 rings (SSSR count). The van der Waals surface area contributed by atoms with E-state index in [1.54, 1.807) is 14.2 Å². The van der Waals surface area contributed by atoms with Gasteiger partial charge in [-0.3, -0.25) is 4.90 Å². The minimum absolute atomic E-state index is 0.151. The van der Waals surface area contributed by atoms with Gasteiger partial charge in [-0.05, 0) is 12.5 Å². The van der Waals surface area contributed by atoms with Crippen molar-refractivity contribution in [2.75, 3.05) is 47.1 Å². The molecule has 1 atom stereocenters. The first-order valence-corrected chi connectivity index (χ1v) is 7.04. The molecule has 5 heteroatoms. The molecule has 20 heavy (non-hydrogen) atoms. The monoisotopic (exact) mass is 280 g/mol. The van der Waals surface area contributed by atoms with Gasteiger partial charge < -0.3 is 19.9 Å². The zero-order valence-corrected chi connectivity index (χ0v) is 12.3. The van der Waals surface area contributed by atoms with Crippen LogP contribution in [-0.4, -0.2) is 52.0 Å².